The predicted octanol–water partition coefficient (Wildman–Crippen LogP) is 14.1. The van der Waals surface area contributed by atoms with E-state index < -0.39 is 0 Å². The van der Waals surface area contributed by atoms with Gasteiger partial charge in [0.05, 0.1) is 5.69 Å². The van der Waals surface area contributed by atoms with Crippen LogP contribution in [0.15, 0.2) is 212 Å². The van der Waals surface area contributed by atoms with E-state index in [0.29, 0.717) is 0 Å². The highest BCUT2D eigenvalue weighted by molar-refractivity contribution is 6.00. The van der Waals surface area contributed by atoms with Crippen LogP contribution in [0.2, 0.25) is 0 Å². The van der Waals surface area contributed by atoms with Gasteiger partial charge in [0.1, 0.15) is 0 Å². The maximum absolute atomic E-state index is 2.41. The minimum atomic E-state index is 1.11. The first-order valence-electron chi connectivity index (χ1n) is 17.5. The Labute approximate surface area is 299 Å². The maximum Gasteiger partial charge on any atom is 0.0540 e. The Balaban J connectivity index is 1.17. The molecule has 9 aromatic rings. The molecule has 0 aliphatic rings. The highest BCUT2D eigenvalue weighted by Crippen LogP contribution is 2.42. The van der Waals surface area contributed by atoms with E-state index in [1.807, 2.05) is 0 Å². The zero-order valence-corrected chi connectivity index (χ0v) is 28.2. The van der Waals surface area contributed by atoms with Gasteiger partial charge in [-0.15, -0.1) is 0 Å². The van der Waals surface area contributed by atoms with E-state index in [0.717, 1.165) is 17.1 Å². The molecule has 1 nitrogen and oxygen atoms in total. The number of rotatable bonds is 7. The summed E-state index contributed by atoms with van der Waals surface area (Å²) in [6.45, 7) is 0. The quantitative estimate of drug-likeness (QED) is 0.166. The molecule has 0 aliphatic heterocycles. The molecule has 0 N–H and O–H groups in total. The Morgan fingerprint density at radius 1 is 0.255 bits per heavy atom. The van der Waals surface area contributed by atoms with E-state index in [-0.39, 0.29) is 0 Å². The van der Waals surface area contributed by atoms with Crippen LogP contribution in [0.5, 0.6) is 0 Å². The molecule has 0 heterocycles. The molecule has 0 unspecified atom stereocenters. The second kappa shape index (κ2) is 13.3. The number of hydrogen-bond acceptors (Lipinski definition) is 1. The molecule has 0 fully saturated rings. The normalized spacial score (nSPS) is 11.1. The van der Waals surface area contributed by atoms with Crippen LogP contribution < -0.4 is 4.90 Å². The van der Waals surface area contributed by atoms with Gasteiger partial charge in [0, 0.05) is 16.8 Å². The monoisotopic (exact) mass is 649 g/mol. The lowest BCUT2D eigenvalue weighted by molar-refractivity contribution is 1.30. The first-order valence-corrected chi connectivity index (χ1v) is 17.5. The fourth-order valence-corrected chi connectivity index (χ4v) is 7.33. The Morgan fingerprint density at radius 3 is 1.33 bits per heavy atom. The molecule has 0 aromatic heterocycles. The first kappa shape index (κ1) is 30.4. The van der Waals surface area contributed by atoms with Gasteiger partial charge in [-0.25, -0.2) is 0 Å². The summed E-state index contributed by atoms with van der Waals surface area (Å²) >= 11 is 0. The van der Waals surface area contributed by atoms with Gasteiger partial charge in [-0.3, -0.25) is 0 Å². The molecular weight excluding hydrogens is 615 g/mol. The van der Waals surface area contributed by atoms with Crippen molar-refractivity contribution in [2.24, 2.45) is 0 Å². The van der Waals surface area contributed by atoms with Crippen molar-refractivity contribution in [3.8, 4) is 44.5 Å². The average molecular weight is 650 g/mol. The highest BCUT2D eigenvalue weighted by Gasteiger charge is 2.17. The molecule has 0 spiro atoms. The van der Waals surface area contributed by atoms with E-state index in [1.54, 1.807) is 0 Å². The molecule has 9 rings (SSSR count). The number of anilines is 3. The molecule has 9 aromatic carbocycles. The third-order valence-electron chi connectivity index (χ3n) is 9.82. The van der Waals surface area contributed by atoms with Crippen LogP contribution >= 0.6 is 0 Å². The van der Waals surface area contributed by atoms with Crippen molar-refractivity contribution in [1.29, 1.82) is 0 Å². The molecule has 0 saturated heterocycles. The van der Waals surface area contributed by atoms with E-state index in [4.69, 9.17) is 0 Å². The second-order valence-corrected chi connectivity index (χ2v) is 13.0. The fourth-order valence-electron chi connectivity index (χ4n) is 7.33. The summed E-state index contributed by atoms with van der Waals surface area (Å²) in [7, 11) is 0. The number of benzene rings is 9. The second-order valence-electron chi connectivity index (χ2n) is 13.0. The predicted molar refractivity (Wildman–Crippen MR) is 218 cm³/mol. The summed E-state index contributed by atoms with van der Waals surface area (Å²) in [5.41, 5.74) is 13.0. The van der Waals surface area contributed by atoms with Gasteiger partial charge in [0.2, 0.25) is 0 Å². The zero-order valence-electron chi connectivity index (χ0n) is 28.2. The van der Waals surface area contributed by atoms with Gasteiger partial charge < -0.3 is 4.90 Å². The van der Waals surface area contributed by atoms with Crippen LogP contribution in [0.3, 0.4) is 0 Å². The fraction of sp³-hybridized carbons (Fsp3) is 0. The summed E-state index contributed by atoms with van der Waals surface area (Å²) in [5.74, 6) is 0. The number of hydrogen-bond donors (Lipinski definition) is 0. The van der Waals surface area contributed by atoms with Gasteiger partial charge in [0.25, 0.3) is 0 Å². The van der Waals surface area contributed by atoms with E-state index in [2.05, 4.69) is 217 Å². The zero-order chi connectivity index (χ0) is 34.0. The Kier molecular flexibility index (Phi) is 7.92. The third kappa shape index (κ3) is 5.96. The highest BCUT2D eigenvalue weighted by atomic mass is 15.1. The lowest BCUT2D eigenvalue weighted by Crippen LogP contribution is -2.10. The van der Waals surface area contributed by atoms with Gasteiger partial charge in [0.15, 0.2) is 0 Å². The van der Waals surface area contributed by atoms with E-state index in [1.165, 1.54) is 66.1 Å². The average Bonchev–Trinajstić information content (AvgIpc) is 3.21. The molecule has 240 valence electrons. The smallest absolute Gasteiger partial charge is 0.0540 e. The lowest BCUT2D eigenvalue weighted by Gasteiger charge is -2.28. The molecule has 0 saturated carbocycles. The minimum absolute atomic E-state index is 1.11. The molecule has 0 amide bonds. The summed E-state index contributed by atoms with van der Waals surface area (Å²) < 4.78 is 0. The Bertz CT molecular complexity index is 2640. The Morgan fingerprint density at radius 2 is 0.667 bits per heavy atom. The molecular formula is C50H35N. The van der Waals surface area contributed by atoms with Crippen LogP contribution in [0.4, 0.5) is 17.1 Å². The Hall–Kier alpha value is -6.70. The SMILES string of the molecule is c1ccc(-c2cccc(-c3cccc(N(c4cccc(-c5cccc(-c6cccc7ccccc67)c5)c4)c4cccc5ccccc45)c3)c2)cc1. The number of nitrogens with zero attached hydrogens (tertiary/aromatic N) is 1. The van der Waals surface area contributed by atoms with Crippen LogP contribution in [0.1, 0.15) is 0 Å². The van der Waals surface area contributed by atoms with Crippen molar-refractivity contribution in [1.82, 2.24) is 0 Å². The number of fused-ring (bicyclic) bond motifs is 2. The summed E-state index contributed by atoms with van der Waals surface area (Å²) in [4.78, 5) is 2.41. The van der Waals surface area contributed by atoms with Gasteiger partial charge in [-0.2, -0.15) is 0 Å². The van der Waals surface area contributed by atoms with Gasteiger partial charge in [-0.05, 0) is 103 Å². The molecule has 1 heteroatoms. The first-order chi connectivity index (χ1) is 25.3. The summed E-state index contributed by atoms with van der Waals surface area (Å²) in [6.07, 6.45) is 0. The summed E-state index contributed by atoms with van der Waals surface area (Å²) in [6, 6.07) is 76.7. The minimum Gasteiger partial charge on any atom is -0.310 e. The molecule has 0 bridgehead atoms. The van der Waals surface area contributed by atoms with Crippen molar-refractivity contribution < 1.29 is 0 Å². The lowest BCUT2D eigenvalue weighted by atomic mass is 9.95. The molecule has 0 atom stereocenters. The van der Waals surface area contributed by atoms with Crippen molar-refractivity contribution in [3.05, 3.63) is 212 Å². The van der Waals surface area contributed by atoms with Gasteiger partial charge in [-0.1, -0.05) is 170 Å². The maximum atomic E-state index is 2.41. The van der Waals surface area contributed by atoms with Crippen LogP contribution in [0, 0.1) is 0 Å². The molecule has 0 radical (unpaired) electrons. The largest absolute Gasteiger partial charge is 0.310 e. The van der Waals surface area contributed by atoms with Crippen LogP contribution in [-0.2, 0) is 0 Å². The molecule has 51 heavy (non-hydrogen) atoms. The summed E-state index contributed by atoms with van der Waals surface area (Å²) in [5, 5.41) is 4.94. The van der Waals surface area contributed by atoms with Gasteiger partial charge >= 0.3 is 0 Å². The third-order valence-corrected chi connectivity index (χ3v) is 9.82. The standard InChI is InChI=1S/C50H35N/c1-2-14-36(15-3-1)39-20-8-21-40(32-39)42-23-10-26-45(34-42)51(50-31-13-19-38-17-5-7-29-49(38)50)46-27-11-24-43(35-46)41-22-9-25-44(33-41)48-30-12-18-37-16-4-6-28-47(37)48/h1-35H. The molecule has 0 aliphatic carbocycles. The van der Waals surface area contributed by atoms with Crippen molar-refractivity contribution >= 4 is 38.6 Å². The van der Waals surface area contributed by atoms with Crippen LogP contribution in [-0.4, -0.2) is 0 Å². The topological polar surface area (TPSA) is 3.24 Å². The van der Waals surface area contributed by atoms with Crippen molar-refractivity contribution in [2.45, 2.75) is 0 Å². The van der Waals surface area contributed by atoms with Crippen molar-refractivity contribution in [3.63, 3.8) is 0 Å². The van der Waals surface area contributed by atoms with E-state index >= 15 is 0 Å². The van der Waals surface area contributed by atoms with E-state index in [9.17, 15) is 0 Å². The van der Waals surface area contributed by atoms with Crippen LogP contribution in [0.25, 0.3) is 66.1 Å². The van der Waals surface area contributed by atoms with Crippen molar-refractivity contribution in [2.75, 3.05) is 4.90 Å².